The highest BCUT2D eigenvalue weighted by molar-refractivity contribution is 6.30. The zero-order chi connectivity index (χ0) is 23.5. The number of benzene rings is 1. The normalized spacial score (nSPS) is 23.3. The van der Waals surface area contributed by atoms with E-state index in [0.29, 0.717) is 30.0 Å². The summed E-state index contributed by atoms with van der Waals surface area (Å²) in [6.07, 6.45) is 8.24. The van der Waals surface area contributed by atoms with Crippen LogP contribution in [-0.2, 0) is 14.3 Å². The SMILES string of the molecule is CC(C)OC(=O)CCCC=CCC1C(O)CC(O)C1C=CC(=O)COc1cccc(Cl)c1. The summed E-state index contributed by atoms with van der Waals surface area (Å²) in [7, 11) is 0. The molecule has 7 heteroatoms. The molecule has 0 bridgehead atoms. The van der Waals surface area contributed by atoms with Crippen molar-refractivity contribution in [3.63, 3.8) is 0 Å². The third-order valence-electron chi connectivity index (χ3n) is 5.29. The lowest BCUT2D eigenvalue weighted by Crippen LogP contribution is -2.20. The van der Waals surface area contributed by atoms with Crippen LogP contribution >= 0.6 is 11.6 Å². The fourth-order valence-electron chi connectivity index (χ4n) is 3.74. The second kappa shape index (κ2) is 13.4. The molecule has 4 unspecified atom stereocenters. The average molecular weight is 465 g/mol. The molecule has 2 rings (SSSR count). The monoisotopic (exact) mass is 464 g/mol. The van der Waals surface area contributed by atoms with Crippen LogP contribution in [0.25, 0.3) is 0 Å². The number of aliphatic hydroxyl groups is 2. The number of hydrogen-bond donors (Lipinski definition) is 2. The maximum atomic E-state index is 12.2. The van der Waals surface area contributed by atoms with Gasteiger partial charge in [0.05, 0.1) is 18.3 Å². The van der Waals surface area contributed by atoms with Gasteiger partial charge in [0.15, 0.2) is 12.4 Å². The van der Waals surface area contributed by atoms with Gasteiger partial charge in [0.1, 0.15) is 5.75 Å². The van der Waals surface area contributed by atoms with Crippen LogP contribution < -0.4 is 4.74 Å². The van der Waals surface area contributed by atoms with Gasteiger partial charge in [0.2, 0.25) is 0 Å². The van der Waals surface area contributed by atoms with Gasteiger partial charge in [-0.15, -0.1) is 0 Å². The van der Waals surface area contributed by atoms with Crippen LogP contribution in [0.5, 0.6) is 5.75 Å². The van der Waals surface area contributed by atoms with Gasteiger partial charge in [0, 0.05) is 23.8 Å². The van der Waals surface area contributed by atoms with Crippen molar-refractivity contribution in [1.82, 2.24) is 0 Å². The van der Waals surface area contributed by atoms with E-state index in [2.05, 4.69) is 0 Å². The van der Waals surface area contributed by atoms with E-state index in [9.17, 15) is 19.8 Å². The lowest BCUT2D eigenvalue weighted by atomic mass is 9.89. The molecule has 1 aliphatic rings. The smallest absolute Gasteiger partial charge is 0.306 e. The number of halogens is 1. The van der Waals surface area contributed by atoms with E-state index in [1.165, 1.54) is 6.08 Å². The lowest BCUT2D eigenvalue weighted by Gasteiger charge is -2.19. The Morgan fingerprint density at radius 1 is 1.22 bits per heavy atom. The van der Waals surface area contributed by atoms with Crippen molar-refractivity contribution in [2.75, 3.05) is 6.61 Å². The van der Waals surface area contributed by atoms with Crippen LogP contribution in [0.1, 0.15) is 46.0 Å². The quantitative estimate of drug-likeness (QED) is 0.208. The first-order valence-corrected chi connectivity index (χ1v) is 11.4. The van der Waals surface area contributed by atoms with E-state index >= 15 is 0 Å². The molecule has 0 spiro atoms. The van der Waals surface area contributed by atoms with Gasteiger partial charge in [-0.05, 0) is 63.3 Å². The summed E-state index contributed by atoms with van der Waals surface area (Å²) < 4.78 is 10.5. The van der Waals surface area contributed by atoms with E-state index < -0.39 is 12.2 Å². The minimum atomic E-state index is -0.702. The predicted octanol–water partition coefficient (Wildman–Crippen LogP) is 4.27. The second-order valence-corrected chi connectivity index (χ2v) is 8.76. The van der Waals surface area contributed by atoms with Gasteiger partial charge in [-0.2, -0.15) is 0 Å². The van der Waals surface area contributed by atoms with Crippen LogP contribution in [0.2, 0.25) is 5.02 Å². The van der Waals surface area contributed by atoms with Crippen molar-refractivity contribution >= 4 is 23.4 Å². The maximum Gasteiger partial charge on any atom is 0.306 e. The molecule has 0 radical (unpaired) electrons. The Morgan fingerprint density at radius 3 is 2.72 bits per heavy atom. The van der Waals surface area contributed by atoms with Gasteiger partial charge in [0.25, 0.3) is 0 Å². The van der Waals surface area contributed by atoms with E-state index in [4.69, 9.17) is 21.1 Å². The third-order valence-corrected chi connectivity index (χ3v) is 5.53. The summed E-state index contributed by atoms with van der Waals surface area (Å²) in [5, 5.41) is 21.2. The molecule has 0 aromatic heterocycles. The molecular weight excluding hydrogens is 432 g/mol. The standard InChI is InChI=1S/C25H33ClO6/c1-17(2)32-25(30)11-6-4-3-5-10-21-22(24(29)15-23(21)28)13-12-19(27)16-31-20-9-7-8-18(26)14-20/h3,5,7-9,12-14,17,21-24,28-29H,4,6,10-11,15-16H2,1-2H3. The summed E-state index contributed by atoms with van der Waals surface area (Å²) in [5.41, 5.74) is 0. The zero-order valence-corrected chi connectivity index (χ0v) is 19.4. The predicted molar refractivity (Wildman–Crippen MR) is 124 cm³/mol. The fraction of sp³-hybridized carbons (Fsp3) is 0.520. The molecule has 0 heterocycles. The molecule has 0 saturated heterocycles. The Bertz CT molecular complexity index is 803. The summed E-state index contributed by atoms with van der Waals surface area (Å²) in [6, 6.07) is 6.81. The van der Waals surface area contributed by atoms with Crippen LogP contribution in [0.3, 0.4) is 0 Å². The van der Waals surface area contributed by atoms with Crippen molar-refractivity contribution in [2.45, 2.75) is 64.3 Å². The van der Waals surface area contributed by atoms with Crippen molar-refractivity contribution < 1.29 is 29.3 Å². The van der Waals surface area contributed by atoms with Crippen molar-refractivity contribution in [1.29, 1.82) is 0 Å². The first-order valence-electron chi connectivity index (χ1n) is 11.1. The summed E-state index contributed by atoms with van der Waals surface area (Å²) in [5.74, 6) is -0.412. The molecule has 32 heavy (non-hydrogen) atoms. The topological polar surface area (TPSA) is 93.1 Å². The summed E-state index contributed by atoms with van der Waals surface area (Å²) in [6.45, 7) is 3.51. The van der Waals surface area contributed by atoms with Gasteiger partial charge in [-0.1, -0.05) is 35.9 Å². The Balaban J connectivity index is 1.79. The molecule has 6 nitrogen and oxygen atoms in total. The van der Waals surface area contributed by atoms with Crippen molar-refractivity contribution in [2.24, 2.45) is 11.8 Å². The molecule has 1 fully saturated rings. The first kappa shape index (κ1) is 26.1. The van der Waals surface area contributed by atoms with Crippen LogP contribution in [0, 0.1) is 11.8 Å². The molecule has 176 valence electrons. The number of esters is 1. The largest absolute Gasteiger partial charge is 0.485 e. The summed E-state index contributed by atoms with van der Waals surface area (Å²) >= 11 is 5.90. The molecule has 1 aromatic rings. The highest BCUT2D eigenvalue weighted by atomic mass is 35.5. The molecule has 2 N–H and O–H groups in total. The number of carbonyl (C=O) groups excluding carboxylic acids is 2. The zero-order valence-electron chi connectivity index (χ0n) is 18.7. The second-order valence-electron chi connectivity index (χ2n) is 8.32. The number of hydrogen-bond acceptors (Lipinski definition) is 6. The number of ether oxygens (including phenoxy) is 2. The van der Waals surface area contributed by atoms with Crippen LogP contribution in [0.4, 0.5) is 0 Å². The molecule has 0 aliphatic heterocycles. The number of rotatable bonds is 12. The molecule has 1 saturated carbocycles. The molecule has 0 amide bonds. The highest BCUT2D eigenvalue weighted by Gasteiger charge is 2.39. The number of carbonyl (C=O) groups is 2. The van der Waals surface area contributed by atoms with Crippen LogP contribution in [0.15, 0.2) is 48.6 Å². The number of aliphatic hydroxyl groups excluding tert-OH is 2. The van der Waals surface area contributed by atoms with E-state index in [1.807, 2.05) is 26.0 Å². The van der Waals surface area contributed by atoms with E-state index in [1.54, 1.807) is 30.3 Å². The number of unbranched alkanes of at least 4 members (excludes halogenated alkanes) is 1. The summed E-state index contributed by atoms with van der Waals surface area (Å²) in [4.78, 5) is 23.7. The molecular formula is C25H33ClO6. The van der Waals surface area contributed by atoms with Crippen LogP contribution in [-0.4, -0.2) is 46.9 Å². The average Bonchev–Trinajstić information content (AvgIpc) is 2.99. The Labute approximate surface area is 194 Å². The lowest BCUT2D eigenvalue weighted by molar-refractivity contribution is -0.147. The van der Waals surface area contributed by atoms with E-state index in [0.717, 1.165) is 6.42 Å². The molecule has 1 aliphatic carbocycles. The number of allylic oxidation sites excluding steroid dienone is 2. The van der Waals surface area contributed by atoms with Gasteiger partial charge < -0.3 is 19.7 Å². The Hall–Kier alpha value is -2.15. The van der Waals surface area contributed by atoms with Crippen molar-refractivity contribution in [3.8, 4) is 5.75 Å². The fourth-order valence-corrected chi connectivity index (χ4v) is 3.92. The van der Waals surface area contributed by atoms with Crippen molar-refractivity contribution in [3.05, 3.63) is 53.6 Å². The van der Waals surface area contributed by atoms with Gasteiger partial charge in [-0.25, -0.2) is 0 Å². The molecule has 1 aromatic carbocycles. The highest BCUT2D eigenvalue weighted by Crippen LogP contribution is 2.36. The number of ketones is 1. The maximum absolute atomic E-state index is 12.2. The Morgan fingerprint density at radius 2 is 2.00 bits per heavy atom. The molecule has 4 atom stereocenters. The van der Waals surface area contributed by atoms with Gasteiger partial charge >= 0.3 is 5.97 Å². The van der Waals surface area contributed by atoms with E-state index in [-0.39, 0.29) is 42.7 Å². The Kier molecular flexibility index (Phi) is 10.9. The third kappa shape index (κ3) is 9.15. The van der Waals surface area contributed by atoms with Gasteiger partial charge in [-0.3, -0.25) is 9.59 Å². The minimum absolute atomic E-state index is 0.103. The first-order chi connectivity index (χ1) is 15.3. The minimum Gasteiger partial charge on any atom is -0.485 e.